The molecular formula is C16H22N4O2. The molecule has 0 aromatic heterocycles. The molecule has 1 saturated heterocycles. The Labute approximate surface area is 130 Å². The van der Waals surface area contributed by atoms with E-state index in [1.54, 1.807) is 11.0 Å². The second kappa shape index (κ2) is 5.96. The second-order valence-electron chi connectivity index (χ2n) is 6.04. The molecule has 1 aliphatic heterocycles. The van der Waals surface area contributed by atoms with E-state index in [1.807, 2.05) is 19.1 Å². The van der Waals surface area contributed by atoms with Gasteiger partial charge in [-0.3, -0.25) is 9.69 Å². The van der Waals surface area contributed by atoms with Crippen molar-refractivity contribution in [2.24, 2.45) is 11.7 Å². The third kappa shape index (κ3) is 2.92. The van der Waals surface area contributed by atoms with E-state index in [1.165, 1.54) is 0 Å². The Bertz CT molecular complexity index is 598. The Balaban J connectivity index is 1.72. The molecule has 118 valence electrons. The number of anilines is 1. The maximum absolute atomic E-state index is 12.4. The van der Waals surface area contributed by atoms with Crippen molar-refractivity contribution in [1.82, 2.24) is 10.6 Å². The summed E-state index contributed by atoms with van der Waals surface area (Å²) in [6, 6.07) is 5.38. The summed E-state index contributed by atoms with van der Waals surface area (Å²) in [5.74, 6) is 0.427. The van der Waals surface area contributed by atoms with Crippen molar-refractivity contribution in [2.75, 3.05) is 24.5 Å². The Morgan fingerprint density at radius 3 is 2.91 bits per heavy atom. The summed E-state index contributed by atoms with van der Waals surface area (Å²) in [5, 5.41) is 5.68. The van der Waals surface area contributed by atoms with Crippen molar-refractivity contribution in [1.29, 1.82) is 0 Å². The summed E-state index contributed by atoms with van der Waals surface area (Å²) >= 11 is 0. The molecule has 1 aliphatic carbocycles. The number of benzene rings is 1. The molecule has 1 atom stereocenters. The molecule has 3 amide bonds. The van der Waals surface area contributed by atoms with E-state index in [2.05, 4.69) is 10.6 Å². The zero-order valence-corrected chi connectivity index (χ0v) is 12.8. The number of rotatable bonds is 5. The minimum Gasteiger partial charge on any atom is -0.350 e. The maximum atomic E-state index is 12.4. The number of nitrogens with zero attached hydrogens (tertiary/aromatic N) is 1. The zero-order chi connectivity index (χ0) is 15.7. The van der Waals surface area contributed by atoms with E-state index in [-0.39, 0.29) is 18.0 Å². The number of amides is 3. The number of nitrogens with two attached hydrogens (primary N) is 1. The fraction of sp³-hybridized carbons (Fsp3) is 0.500. The Morgan fingerprint density at radius 2 is 2.27 bits per heavy atom. The van der Waals surface area contributed by atoms with Gasteiger partial charge in [0, 0.05) is 36.9 Å². The fourth-order valence-electron chi connectivity index (χ4n) is 2.86. The minimum atomic E-state index is -0.130. The highest BCUT2D eigenvalue weighted by molar-refractivity contribution is 6.00. The lowest BCUT2D eigenvalue weighted by molar-refractivity contribution is 0.0949. The Kier molecular flexibility index (Phi) is 4.02. The molecule has 0 radical (unpaired) electrons. The molecular weight excluding hydrogens is 280 g/mol. The molecule has 1 aromatic carbocycles. The molecule has 1 heterocycles. The zero-order valence-electron chi connectivity index (χ0n) is 12.8. The van der Waals surface area contributed by atoms with E-state index >= 15 is 0 Å². The molecule has 6 heteroatoms. The van der Waals surface area contributed by atoms with Gasteiger partial charge in [-0.2, -0.15) is 0 Å². The van der Waals surface area contributed by atoms with Gasteiger partial charge in [0.25, 0.3) is 5.91 Å². The fourth-order valence-corrected chi connectivity index (χ4v) is 2.86. The van der Waals surface area contributed by atoms with Crippen molar-refractivity contribution in [3.05, 3.63) is 29.3 Å². The second-order valence-corrected chi connectivity index (χ2v) is 6.04. The molecule has 0 bridgehead atoms. The summed E-state index contributed by atoms with van der Waals surface area (Å²) in [5.41, 5.74) is 8.22. The normalized spacial score (nSPS) is 19.0. The van der Waals surface area contributed by atoms with Crippen molar-refractivity contribution in [3.8, 4) is 0 Å². The largest absolute Gasteiger partial charge is 0.350 e. The predicted molar refractivity (Wildman–Crippen MR) is 85.0 cm³/mol. The summed E-state index contributed by atoms with van der Waals surface area (Å²) in [6.07, 6.45) is 2.32. The summed E-state index contributed by atoms with van der Waals surface area (Å²) < 4.78 is 0. The van der Waals surface area contributed by atoms with Crippen molar-refractivity contribution >= 4 is 17.6 Å². The first-order valence-corrected chi connectivity index (χ1v) is 7.76. The third-order valence-electron chi connectivity index (χ3n) is 4.42. The topological polar surface area (TPSA) is 87.5 Å². The van der Waals surface area contributed by atoms with Crippen LogP contribution in [0.15, 0.2) is 18.2 Å². The highest BCUT2D eigenvalue weighted by Crippen LogP contribution is 2.31. The van der Waals surface area contributed by atoms with Gasteiger partial charge in [-0.05, 0) is 43.4 Å². The average Bonchev–Trinajstić information content (AvgIpc) is 3.27. The van der Waals surface area contributed by atoms with Crippen LogP contribution in [-0.2, 0) is 0 Å². The van der Waals surface area contributed by atoms with Crippen LogP contribution in [0, 0.1) is 12.8 Å². The van der Waals surface area contributed by atoms with E-state index in [0.29, 0.717) is 31.1 Å². The predicted octanol–water partition coefficient (Wildman–Crippen LogP) is 0.992. The smallest absolute Gasteiger partial charge is 0.322 e. The first-order chi connectivity index (χ1) is 10.6. The van der Waals surface area contributed by atoms with E-state index in [9.17, 15) is 9.59 Å². The summed E-state index contributed by atoms with van der Waals surface area (Å²) in [6.45, 7) is 3.62. The molecule has 1 aromatic rings. The molecule has 1 saturated carbocycles. The number of carbonyl (C=O) groups excluding carboxylic acids is 2. The lowest BCUT2D eigenvalue weighted by Gasteiger charge is -2.19. The quantitative estimate of drug-likeness (QED) is 0.758. The van der Waals surface area contributed by atoms with Gasteiger partial charge in [0.2, 0.25) is 0 Å². The van der Waals surface area contributed by atoms with Gasteiger partial charge < -0.3 is 16.4 Å². The van der Waals surface area contributed by atoms with Crippen LogP contribution in [0.1, 0.15) is 28.8 Å². The molecule has 22 heavy (non-hydrogen) atoms. The lowest BCUT2D eigenvalue weighted by atomic mass is 10.0. The monoisotopic (exact) mass is 302 g/mol. The molecule has 0 spiro atoms. The van der Waals surface area contributed by atoms with E-state index < -0.39 is 0 Å². The van der Waals surface area contributed by atoms with Crippen molar-refractivity contribution in [3.63, 3.8) is 0 Å². The first kappa shape index (κ1) is 14.8. The molecule has 1 unspecified atom stereocenters. The van der Waals surface area contributed by atoms with Crippen LogP contribution in [0.25, 0.3) is 0 Å². The molecule has 2 aliphatic rings. The average molecular weight is 302 g/mol. The van der Waals surface area contributed by atoms with E-state index in [4.69, 9.17) is 5.73 Å². The van der Waals surface area contributed by atoms with Crippen molar-refractivity contribution in [2.45, 2.75) is 25.8 Å². The van der Waals surface area contributed by atoms with Crippen LogP contribution >= 0.6 is 0 Å². The Morgan fingerprint density at radius 1 is 1.50 bits per heavy atom. The van der Waals surface area contributed by atoms with Gasteiger partial charge in [0.1, 0.15) is 0 Å². The molecule has 4 N–H and O–H groups in total. The highest BCUT2D eigenvalue weighted by Gasteiger charge is 2.29. The third-order valence-corrected chi connectivity index (χ3v) is 4.42. The van der Waals surface area contributed by atoms with Crippen LogP contribution in [0.3, 0.4) is 0 Å². The van der Waals surface area contributed by atoms with Crippen LogP contribution < -0.4 is 21.3 Å². The number of carbonyl (C=O) groups is 2. The minimum absolute atomic E-state index is 0.0387. The lowest BCUT2D eigenvalue weighted by Crippen LogP contribution is -2.39. The van der Waals surface area contributed by atoms with Crippen LogP contribution in [0.2, 0.25) is 0 Å². The summed E-state index contributed by atoms with van der Waals surface area (Å²) in [7, 11) is 0. The van der Waals surface area contributed by atoms with Gasteiger partial charge in [-0.25, -0.2) is 4.79 Å². The molecule has 6 nitrogen and oxygen atoms in total. The van der Waals surface area contributed by atoms with Crippen LogP contribution in [0.4, 0.5) is 10.5 Å². The maximum Gasteiger partial charge on any atom is 0.322 e. The van der Waals surface area contributed by atoms with Crippen molar-refractivity contribution < 1.29 is 9.59 Å². The molecule has 3 rings (SSSR count). The SMILES string of the molecule is Cc1c(C(=O)NCC(N)C2CC2)cccc1N1CCNC1=O. The van der Waals surface area contributed by atoms with E-state index in [0.717, 1.165) is 24.1 Å². The number of nitrogens with one attached hydrogen (secondary N) is 2. The van der Waals surface area contributed by atoms with Gasteiger partial charge in [0.15, 0.2) is 0 Å². The van der Waals surface area contributed by atoms with Gasteiger partial charge >= 0.3 is 6.03 Å². The van der Waals surface area contributed by atoms with Gasteiger partial charge in [-0.1, -0.05) is 6.07 Å². The standard InChI is InChI=1S/C16H22N4O2/c1-10-12(15(21)19-9-13(17)11-5-6-11)3-2-4-14(10)20-8-7-18-16(20)22/h2-4,11,13H,5-9,17H2,1H3,(H,18,22)(H,19,21). The first-order valence-electron chi connectivity index (χ1n) is 7.76. The molecule has 2 fully saturated rings. The van der Waals surface area contributed by atoms with Crippen LogP contribution in [0.5, 0.6) is 0 Å². The Hall–Kier alpha value is -2.08. The number of hydrogen-bond donors (Lipinski definition) is 3. The number of urea groups is 1. The summed E-state index contributed by atoms with van der Waals surface area (Å²) in [4.78, 5) is 25.8. The highest BCUT2D eigenvalue weighted by atomic mass is 16.2. The van der Waals surface area contributed by atoms with Gasteiger partial charge in [0.05, 0.1) is 0 Å². The van der Waals surface area contributed by atoms with Gasteiger partial charge in [-0.15, -0.1) is 0 Å². The van der Waals surface area contributed by atoms with Crippen LogP contribution in [-0.4, -0.2) is 37.6 Å². The number of hydrogen-bond acceptors (Lipinski definition) is 3.